The number of rotatable bonds is 3. The normalized spacial score (nSPS) is 19.2. The standard InChI is InChI=1S/C16H19BrFNO2/c1-11(20)9-13-5-3-2-4-8-19(13)16(21)12-6-7-15(18)14(17)10-12/h6-7,10,13H,2-5,8-9H2,1H3. The number of nitrogens with zero attached hydrogens (tertiary/aromatic N) is 1. The first-order valence-electron chi connectivity index (χ1n) is 7.24. The summed E-state index contributed by atoms with van der Waals surface area (Å²) in [5.74, 6) is -0.411. The molecule has 114 valence electrons. The third-order valence-corrected chi connectivity index (χ3v) is 4.44. The molecule has 1 fully saturated rings. The fourth-order valence-electron chi connectivity index (χ4n) is 2.78. The zero-order valence-electron chi connectivity index (χ0n) is 12.1. The molecule has 1 aromatic carbocycles. The van der Waals surface area contributed by atoms with E-state index in [1.165, 1.54) is 18.2 Å². The Hall–Kier alpha value is -1.23. The second-order valence-electron chi connectivity index (χ2n) is 5.54. The maximum atomic E-state index is 13.3. The van der Waals surface area contributed by atoms with E-state index in [4.69, 9.17) is 0 Å². The molecule has 1 amide bonds. The van der Waals surface area contributed by atoms with Crippen molar-refractivity contribution in [2.45, 2.75) is 45.1 Å². The molecule has 2 rings (SSSR count). The Morgan fingerprint density at radius 2 is 2.10 bits per heavy atom. The number of Topliss-reactive ketones (excluding diaryl/α,β-unsaturated/α-hetero) is 1. The summed E-state index contributed by atoms with van der Waals surface area (Å²) in [7, 11) is 0. The molecule has 1 heterocycles. The molecular formula is C16H19BrFNO2. The molecular weight excluding hydrogens is 337 g/mol. The molecule has 1 aliphatic heterocycles. The van der Waals surface area contributed by atoms with Gasteiger partial charge >= 0.3 is 0 Å². The van der Waals surface area contributed by atoms with E-state index in [0.717, 1.165) is 25.7 Å². The number of halogens is 2. The minimum absolute atomic E-state index is 0.0404. The van der Waals surface area contributed by atoms with Gasteiger partial charge in [-0.2, -0.15) is 0 Å². The molecule has 1 atom stereocenters. The number of ketones is 1. The van der Waals surface area contributed by atoms with Crippen LogP contribution in [0.3, 0.4) is 0 Å². The van der Waals surface area contributed by atoms with Gasteiger partial charge in [-0.15, -0.1) is 0 Å². The molecule has 1 unspecified atom stereocenters. The lowest BCUT2D eigenvalue weighted by Gasteiger charge is -2.29. The molecule has 21 heavy (non-hydrogen) atoms. The van der Waals surface area contributed by atoms with Gasteiger partial charge in [-0.1, -0.05) is 12.8 Å². The topological polar surface area (TPSA) is 37.4 Å². The Labute approximate surface area is 132 Å². The summed E-state index contributed by atoms with van der Waals surface area (Å²) in [5, 5.41) is 0. The molecule has 0 radical (unpaired) electrons. The SMILES string of the molecule is CC(=O)CC1CCCCCN1C(=O)c1ccc(F)c(Br)c1. The van der Waals surface area contributed by atoms with Crippen molar-refractivity contribution in [2.24, 2.45) is 0 Å². The number of hydrogen-bond acceptors (Lipinski definition) is 2. The van der Waals surface area contributed by atoms with Gasteiger partial charge in [0.05, 0.1) is 4.47 Å². The van der Waals surface area contributed by atoms with Gasteiger partial charge in [-0.3, -0.25) is 9.59 Å². The van der Waals surface area contributed by atoms with Gasteiger partial charge in [0.2, 0.25) is 0 Å². The van der Waals surface area contributed by atoms with Crippen LogP contribution in [0, 0.1) is 5.82 Å². The molecule has 3 nitrogen and oxygen atoms in total. The van der Waals surface area contributed by atoms with E-state index in [0.29, 0.717) is 18.5 Å². The van der Waals surface area contributed by atoms with E-state index in [1.807, 2.05) is 0 Å². The van der Waals surface area contributed by atoms with Crippen molar-refractivity contribution in [2.75, 3.05) is 6.54 Å². The highest BCUT2D eigenvalue weighted by Crippen LogP contribution is 2.24. The number of carbonyl (C=O) groups excluding carboxylic acids is 2. The average Bonchev–Trinajstić information content (AvgIpc) is 2.66. The Kier molecular flexibility index (Phi) is 5.51. The fraction of sp³-hybridized carbons (Fsp3) is 0.500. The van der Waals surface area contributed by atoms with Crippen LogP contribution in [-0.2, 0) is 4.79 Å². The van der Waals surface area contributed by atoms with Crippen LogP contribution in [0.15, 0.2) is 22.7 Å². The van der Waals surface area contributed by atoms with Gasteiger partial charge in [-0.25, -0.2) is 4.39 Å². The first-order valence-corrected chi connectivity index (χ1v) is 8.04. The predicted octanol–water partition coefficient (Wildman–Crippen LogP) is 3.95. The maximum Gasteiger partial charge on any atom is 0.254 e. The largest absolute Gasteiger partial charge is 0.335 e. The lowest BCUT2D eigenvalue weighted by molar-refractivity contribution is -0.118. The van der Waals surface area contributed by atoms with Crippen molar-refractivity contribution in [3.05, 3.63) is 34.1 Å². The predicted molar refractivity (Wildman–Crippen MR) is 82.7 cm³/mol. The summed E-state index contributed by atoms with van der Waals surface area (Å²) in [5.41, 5.74) is 0.457. The number of hydrogen-bond donors (Lipinski definition) is 0. The quantitative estimate of drug-likeness (QED) is 0.822. The highest BCUT2D eigenvalue weighted by Gasteiger charge is 2.27. The van der Waals surface area contributed by atoms with E-state index in [-0.39, 0.29) is 28.0 Å². The summed E-state index contributed by atoms with van der Waals surface area (Å²) in [6, 6.07) is 4.25. The summed E-state index contributed by atoms with van der Waals surface area (Å²) < 4.78 is 13.6. The van der Waals surface area contributed by atoms with Gasteiger partial charge in [-0.05, 0) is 53.9 Å². The second kappa shape index (κ2) is 7.16. The molecule has 0 aromatic heterocycles. The Balaban J connectivity index is 2.23. The number of benzene rings is 1. The van der Waals surface area contributed by atoms with E-state index in [2.05, 4.69) is 15.9 Å². The first kappa shape index (κ1) is 16.1. The van der Waals surface area contributed by atoms with Crippen molar-refractivity contribution < 1.29 is 14.0 Å². The van der Waals surface area contributed by atoms with Crippen LogP contribution in [0.1, 0.15) is 49.4 Å². The van der Waals surface area contributed by atoms with Gasteiger partial charge in [0.1, 0.15) is 11.6 Å². The molecule has 0 saturated carbocycles. The zero-order chi connectivity index (χ0) is 15.4. The maximum absolute atomic E-state index is 13.3. The van der Waals surface area contributed by atoms with Gasteiger partial charge in [0, 0.05) is 24.6 Å². The lowest BCUT2D eigenvalue weighted by atomic mass is 10.0. The monoisotopic (exact) mass is 355 g/mol. The van der Waals surface area contributed by atoms with E-state index in [1.54, 1.807) is 11.8 Å². The first-order chi connectivity index (χ1) is 9.99. The zero-order valence-corrected chi connectivity index (χ0v) is 13.7. The third kappa shape index (κ3) is 4.13. The molecule has 0 spiro atoms. The van der Waals surface area contributed by atoms with Crippen molar-refractivity contribution in [1.82, 2.24) is 4.90 Å². The van der Waals surface area contributed by atoms with Crippen molar-refractivity contribution in [3.8, 4) is 0 Å². The van der Waals surface area contributed by atoms with Crippen molar-refractivity contribution in [1.29, 1.82) is 0 Å². The Morgan fingerprint density at radius 3 is 2.76 bits per heavy atom. The summed E-state index contributed by atoms with van der Waals surface area (Å²) in [4.78, 5) is 25.9. The molecule has 5 heteroatoms. The third-order valence-electron chi connectivity index (χ3n) is 3.83. The molecule has 1 aromatic rings. The Morgan fingerprint density at radius 1 is 1.33 bits per heavy atom. The van der Waals surface area contributed by atoms with E-state index >= 15 is 0 Å². The average molecular weight is 356 g/mol. The van der Waals surface area contributed by atoms with Gasteiger partial charge < -0.3 is 4.90 Å². The van der Waals surface area contributed by atoms with Crippen LogP contribution in [0.4, 0.5) is 4.39 Å². The minimum atomic E-state index is -0.386. The van der Waals surface area contributed by atoms with Crippen LogP contribution in [0.2, 0.25) is 0 Å². The molecule has 0 N–H and O–H groups in total. The smallest absolute Gasteiger partial charge is 0.254 e. The Bertz CT molecular complexity index is 547. The number of amides is 1. The van der Waals surface area contributed by atoms with Crippen LogP contribution in [0.25, 0.3) is 0 Å². The van der Waals surface area contributed by atoms with Crippen molar-refractivity contribution >= 4 is 27.6 Å². The lowest BCUT2D eigenvalue weighted by Crippen LogP contribution is -2.41. The van der Waals surface area contributed by atoms with Gasteiger partial charge in [0.25, 0.3) is 5.91 Å². The fourth-order valence-corrected chi connectivity index (χ4v) is 3.16. The number of likely N-dealkylation sites (tertiary alicyclic amines) is 1. The molecule has 1 aliphatic rings. The van der Waals surface area contributed by atoms with Crippen LogP contribution in [0.5, 0.6) is 0 Å². The highest BCUT2D eigenvalue weighted by molar-refractivity contribution is 9.10. The van der Waals surface area contributed by atoms with Gasteiger partial charge in [0.15, 0.2) is 0 Å². The molecule has 1 saturated heterocycles. The molecule has 0 bridgehead atoms. The van der Waals surface area contributed by atoms with E-state index in [9.17, 15) is 14.0 Å². The van der Waals surface area contributed by atoms with Crippen molar-refractivity contribution in [3.63, 3.8) is 0 Å². The van der Waals surface area contributed by atoms with Crippen LogP contribution < -0.4 is 0 Å². The molecule has 0 aliphatic carbocycles. The number of carbonyl (C=O) groups is 2. The van der Waals surface area contributed by atoms with Crippen LogP contribution >= 0.6 is 15.9 Å². The summed E-state index contributed by atoms with van der Waals surface area (Å²) in [6.45, 7) is 2.22. The minimum Gasteiger partial charge on any atom is -0.335 e. The van der Waals surface area contributed by atoms with E-state index < -0.39 is 0 Å². The van der Waals surface area contributed by atoms with Crippen LogP contribution in [-0.4, -0.2) is 29.2 Å². The second-order valence-corrected chi connectivity index (χ2v) is 6.39. The summed E-state index contributed by atoms with van der Waals surface area (Å²) in [6.07, 6.45) is 4.31. The highest BCUT2D eigenvalue weighted by atomic mass is 79.9. The summed E-state index contributed by atoms with van der Waals surface area (Å²) >= 11 is 3.11.